The van der Waals surface area contributed by atoms with Crippen molar-refractivity contribution in [1.29, 1.82) is 0 Å². The number of ketones is 1. The van der Waals surface area contributed by atoms with Gasteiger partial charge in [-0.15, -0.1) is 0 Å². The molecule has 0 amide bonds. The lowest BCUT2D eigenvalue weighted by molar-refractivity contribution is -0.140. The van der Waals surface area contributed by atoms with Gasteiger partial charge in [-0.05, 0) is 12.3 Å². The third-order valence-corrected chi connectivity index (χ3v) is 2.69. The Morgan fingerprint density at radius 3 is 2.27 bits per heavy atom. The molecule has 0 fully saturated rings. The molecule has 15 heavy (non-hydrogen) atoms. The van der Waals surface area contributed by atoms with Crippen molar-refractivity contribution in [2.75, 3.05) is 6.61 Å². The molecule has 0 saturated carbocycles. The van der Waals surface area contributed by atoms with Crippen molar-refractivity contribution in [1.82, 2.24) is 0 Å². The van der Waals surface area contributed by atoms with Gasteiger partial charge in [0, 0.05) is 0 Å². The number of hydrogen-bond donors (Lipinski definition) is 3. The first-order chi connectivity index (χ1) is 7.08. The van der Waals surface area contributed by atoms with Crippen LogP contribution in [0.3, 0.4) is 0 Å². The molecule has 0 aromatic rings. The lowest BCUT2D eigenvalue weighted by Gasteiger charge is -2.21. The molecule has 4 heteroatoms. The number of carbonyl (C=O) groups excluding carboxylic acids is 1. The van der Waals surface area contributed by atoms with Gasteiger partial charge in [0.2, 0.25) is 0 Å². The van der Waals surface area contributed by atoms with Crippen LogP contribution in [-0.4, -0.2) is 39.9 Å². The van der Waals surface area contributed by atoms with E-state index in [1.165, 1.54) is 0 Å². The number of Topliss-reactive ketones (excluding diaryl/α,β-unsaturated/α-hetero) is 1. The minimum atomic E-state index is -1.45. The molecule has 0 aromatic heterocycles. The Morgan fingerprint density at radius 1 is 1.27 bits per heavy atom. The summed E-state index contributed by atoms with van der Waals surface area (Å²) in [5.74, 6) is -0.779. The van der Waals surface area contributed by atoms with Crippen molar-refractivity contribution in [2.24, 2.45) is 5.92 Å². The zero-order valence-electron chi connectivity index (χ0n) is 9.52. The Hall–Kier alpha value is -0.450. The molecule has 4 nitrogen and oxygen atoms in total. The molecule has 3 N–H and O–H groups in total. The highest BCUT2D eigenvalue weighted by molar-refractivity contribution is 5.87. The van der Waals surface area contributed by atoms with Gasteiger partial charge in [-0.3, -0.25) is 4.79 Å². The van der Waals surface area contributed by atoms with Gasteiger partial charge < -0.3 is 15.3 Å². The van der Waals surface area contributed by atoms with Gasteiger partial charge in [-0.2, -0.15) is 0 Å². The molecular weight excluding hydrogens is 196 g/mol. The SMILES string of the molecule is CCCCC(CC)C(O)C(=O)C(O)CO. The molecule has 0 heterocycles. The van der Waals surface area contributed by atoms with E-state index in [-0.39, 0.29) is 5.92 Å². The molecule has 3 unspecified atom stereocenters. The van der Waals surface area contributed by atoms with Crippen LogP contribution in [0, 0.1) is 5.92 Å². The molecule has 0 aromatic carbocycles. The largest absolute Gasteiger partial charge is 0.393 e. The van der Waals surface area contributed by atoms with Crippen LogP contribution in [0.2, 0.25) is 0 Å². The van der Waals surface area contributed by atoms with Crippen LogP contribution in [0.25, 0.3) is 0 Å². The Balaban J connectivity index is 4.23. The number of aliphatic hydroxyl groups excluding tert-OH is 3. The molecule has 0 aliphatic carbocycles. The zero-order chi connectivity index (χ0) is 11.8. The van der Waals surface area contributed by atoms with E-state index in [1.807, 2.05) is 13.8 Å². The van der Waals surface area contributed by atoms with E-state index < -0.39 is 24.6 Å². The summed E-state index contributed by atoms with van der Waals surface area (Å²) in [6.45, 7) is 3.33. The summed E-state index contributed by atoms with van der Waals surface area (Å²) in [5, 5.41) is 27.4. The normalized spacial score (nSPS) is 17.1. The number of rotatable bonds is 8. The second kappa shape index (κ2) is 7.79. The monoisotopic (exact) mass is 218 g/mol. The zero-order valence-corrected chi connectivity index (χ0v) is 9.52. The maximum absolute atomic E-state index is 11.4. The number of aliphatic hydroxyl groups is 3. The Labute approximate surface area is 90.9 Å². The van der Waals surface area contributed by atoms with Gasteiger partial charge in [0.25, 0.3) is 0 Å². The van der Waals surface area contributed by atoms with Gasteiger partial charge in [-0.25, -0.2) is 0 Å². The van der Waals surface area contributed by atoms with Gasteiger partial charge in [0.05, 0.1) is 6.61 Å². The van der Waals surface area contributed by atoms with E-state index in [0.717, 1.165) is 19.3 Å². The lowest BCUT2D eigenvalue weighted by atomic mass is 9.89. The van der Waals surface area contributed by atoms with Crippen molar-refractivity contribution in [2.45, 2.75) is 51.7 Å². The predicted octanol–water partition coefficient (Wildman–Crippen LogP) is 0.486. The van der Waals surface area contributed by atoms with Crippen LogP contribution in [0.5, 0.6) is 0 Å². The van der Waals surface area contributed by atoms with Crippen LogP contribution < -0.4 is 0 Å². The first-order valence-electron chi connectivity index (χ1n) is 5.59. The van der Waals surface area contributed by atoms with Gasteiger partial charge >= 0.3 is 0 Å². The van der Waals surface area contributed by atoms with E-state index in [2.05, 4.69) is 0 Å². The summed E-state index contributed by atoms with van der Waals surface area (Å²) < 4.78 is 0. The molecule has 0 radical (unpaired) electrons. The Bertz CT molecular complexity index is 181. The minimum absolute atomic E-state index is 0.112. The van der Waals surface area contributed by atoms with Crippen LogP contribution in [0.1, 0.15) is 39.5 Å². The third-order valence-electron chi connectivity index (χ3n) is 2.69. The molecule has 0 spiro atoms. The molecule has 3 atom stereocenters. The molecule has 0 saturated heterocycles. The number of unbranched alkanes of at least 4 members (excludes halogenated alkanes) is 1. The first-order valence-corrected chi connectivity index (χ1v) is 5.59. The van der Waals surface area contributed by atoms with Gasteiger partial charge in [0.1, 0.15) is 12.2 Å². The highest BCUT2D eigenvalue weighted by Gasteiger charge is 2.28. The molecule has 90 valence electrons. The highest BCUT2D eigenvalue weighted by atomic mass is 16.3. The summed E-state index contributed by atoms with van der Waals surface area (Å²) in [6.07, 6.45) is 0.848. The molecule has 0 aliphatic heterocycles. The predicted molar refractivity (Wildman–Crippen MR) is 57.4 cm³/mol. The van der Waals surface area contributed by atoms with Crippen LogP contribution >= 0.6 is 0 Å². The van der Waals surface area contributed by atoms with Crippen LogP contribution in [0.15, 0.2) is 0 Å². The van der Waals surface area contributed by atoms with E-state index in [4.69, 9.17) is 10.2 Å². The number of carbonyl (C=O) groups is 1. The van der Waals surface area contributed by atoms with Crippen LogP contribution in [-0.2, 0) is 4.79 Å². The maximum Gasteiger partial charge on any atom is 0.192 e. The van der Waals surface area contributed by atoms with E-state index in [1.54, 1.807) is 0 Å². The fraction of sp³-hybridized carbons (Fsp3) is 0.909. The summed E-state index contributed by atoms with van der Waals surface area (Å²) in [4.78, 5) is 11.4. The standard InChI is InChI=1S/C11H22O4/c1-3-5-6-8(4-2)10(14)11(15)9(13)7-12/h8-10,12-14H,3-7H2,1-2H3. The first kappa shape index (κ1) is 14.6. The van der Waals surface area contributed by atoms with Crippen LogP contribution in [0.4, 0.5) is 0 Å². The van der Waals surface area contributed by atoms with Crippen molar-refractivity contribution in [3.63, 3.8) is 0 Å². The summed E-state index contributed by atoms with van der Waals surface area (Å²) >= 11 is 0. The summed E-state index contributed by atoms with van der Waals surface area (Å²) in [6, 6.07) is 0. The van der Waals surface area contributed by atoms with Crippen molar-refractivity contribution in [3.05, 3.63) is 0 Å². The Kier molecular flexibility index (Phi) is 7.56. The average Bonchev–Trinajstić information content (AvgIpc) is 2.27. The maximum atomic E-state index is 11.4. The molecule has 0 bridgehead atoms. The highest BCUT2D eigenvalue weighted by Crippen LogP contribution is 2.18. The molecule has 0 aliphatic rings. The topological polar surface area (TPSA) is 77.8 Å². The van der Waals surface area contributed by atoms with Gasteiger partial charge in [-0.1, -0.05) is 33.1 Å². The lowest BCUT2D eigenvalue weighted by Crippen LogP contribution is -2.39. The Morgan fingerprint density at radius 2 is 1.87 bits per heavy atom. The second-order valence-electron chi connectivity index (χ2n) is 3.86. The van der Waals surface area contributed by atoms with Crippen molar-refractivity contribution >= 4 is 5.78 Å². The smallest absolute Gasteiger partial charge is 0.192 e. The molecular formula is C11H22O4. The van der Waals surface area contributed by atoms with Crippen molar-refractivity contribution < 1.29 is 20.1 Å². The average molecular weight is 218 g/mol. The minimum Gasteiger partial charge on any atom is -0.393 e. The molecule has 0 rings (SSSR count). The second-order valence-corrected chi connectivity index (χ2v) is 3.86. The third kappa shape index (κ3) is 4.73. The fourth-order valence-electron chi connectivity index (χ4n) is 1.57. The quantitative estimate of drug-likeness (QED) is 0.554. The van der Waals surface area contributed by atoms with E-state index in [9.17, 15) is 9.90 Å². The van der Waals surface area contributed by atoms with Crippen molar-refractivity contribution in [3.8, 4) is 0 Å². The van der Waals surface area contributed by atoms with E-state index in [0.29, 0.717) is 6.42 Å². The fourth-order valence-corrected chi connectivity index (χ4v) is 1.57. The summed E-state index contributed by atoms with van der Waals surface area (Å²) in [7, 11) is 0. The van der Waals surface area contributed by atoms with E-state index >= 15 is 0 Å². The van der Waals surface area contributed by atoms with Gasteiger partial charge in [0.15, 0.2) is 5.78 Å². The number of hydrogen-bond acceptors (Lipinski definition) is 4. The summed E-state index contributed by atoms with van der Waals surface area (Å²) in [5.41, 5.74) is 0.